The molecule has 130 valence electrons. The minimum absolute atomic E-state index is 0.121. The topological polar surface area (TPSA) is 47.6 Å². The van der Waals surface area contributed by atoms with Crippen molar-refractivity contribution in [1.29, 1.82) is 0 Å². The molecule has 2 aromatic rings. The van der Waals surface area contributed by atoms with E-state index in [-0.39, 0.29) is 5.91 Å². The minimum Gasteiger partial charge on any atom is -0.493 e. The normalized spacial score (nSPS) is 14.4. The zero-order valence-electron chi connectivity index (χ0n) is 14.1. The lowest BCUT2D eigenvalue weighted by Gasteiger charge is -2.10. The lowest BCUT2D eigenvalue weighted by molar-refractivity contribution is -0.110. The van der Waals surface area contributed by atoms with Gasteiger partial charge in [0.25, 0.3) is 5.91 Å². The van der Waals surface area contributed by atoms with Gasteiger partial charge in [-0.25, -0.2) is 0 Å². The second-order valence-corrected chi connectivity index (χ2v) is 7.28. The van der Waals surface area contributed by atoms with Crippen molar-refractivity contribution in [2.24, 2.45) is 0 Å². The number of carbonyl (C=O) groups excluding carboxylic acids is 1. The SMILES string of the molecule is CCOc1ccc(C=C2C(=O)Nc3c(Br)cc(Br)c(C)c32)cc1OC. The lowest BCUT2D eigenvalue weighted by atomic mass is 9.99. The van der Waals surface area contributed by atoms with Crippen LogP contribution in [0.5, 0.6) is 11.5 Å². The Morgan fingerprint density at radius 2 is 1.92 bits per heavy atom. The van der Waals surface area contributed by atoms with Gasteiger partial charge in [-0.2, -0.15) is 0 Å². The molecule has 0 aromatic heterocycles. The fourth-order valence-corrected chi connectivity index (χ4v) is 4.09. The molecule has 0 radical (unpaired) electrons. The van der Waals surface area contributed by atoms with E-state index in [0.717, 1.165) is 31.3 Å². The van der Waals surface area contributed by atoms with Gasteiger partial charge >= 0.3 is 0 Å². The first kappa shape index (κ1) is 18.0. The maximum Gasteiger partial charge on any atom is 0.256 e. The summed E-state index contributed by atoms with van der Waals surface area (Å²) in [7, 11) is 1.60. The molecule has 0 unspecified atom stereocenters. The lowest BCUT2D eigenvalue weighted by Crippen LogP contribution is -2.04. The molecule has 1 aliphatic heterocycles. The summed E-state index contributed by atoms with van der Waals surface area (Å²) in [5, 5.41) is 2.93. The van der Waals surface area contributed by atoms with Crippen molar-refractivity contribution in [1.82, 2.24) is 0 Å². The Labute approximate surface area is 163 Å². The van der Waals surface area contributed by atoms with Crippen LogP contribution >= 0.6 is 31.9 Å². The molecule has 0 atom stereocenters. The molecule has 0 bridgehead atoms. The number of ether oxygens (including phenoxy) is 2. The Morgan fingerprint density at radius 3 is 2.60 bits per heavy atom. The molecule has 0 spiro atoms. The number of rotatable bonds is 4. The average Bonchev–Trinajstić information content (AvgIpc) is 2.91. The number of hydrogen-bond donors (Lipinski definition) is 1. The summed E-state index contributed by atoms with van der Waals surface area (Å²) >= 11 is 7.06. The predicted octanol–water partition coefficient (Wildman–Crippen LogP) is 5.42. The van der Waals surface area contributed by atoms with E-state index in [0.29, 0.717) is 23.7 Å². The zero-order valence-corrected chi connectivity index (χ0v) is 17.2. The van der Waals surface area contributed by atoms with E-state index < -0.39 is 0 Å². The van der Waals surface area contributed by atoms with E-state index in [9.17, 15) is 4.79 Å². The Balaban J connectivity index is 2.11. The average molecular weight is 467 g/mol. The third-order valence-corrected chi connectivity index (χ3v) is 5.48. The summed E-state index contributed by atoms with van der Waals surface area (Å²) in [6, 6.07) is 7.57. The van der Waals surface area contributed by atoms with Crippen LogP contribution in [0.25, 0.3) is 11.6 Å². The van der Waals surface area contributed by atoms with Gasteiger partial charge in [0.15, 0.2) is 11.5 Å². The van der Waals surface area contributed by atoms with Gasteiger partial charge < -0.3 is 14.8 Å². The number of methoxy groups -OCH3 is 1. The van der Waals surface area contributed by atoms with Crippen LogP contribution in [-0.4, -0.2) is 19.6 Å². The molecule has 1 N–H and O–H groups in total. The second-order valence-electron chi connectivity index (χ2n) is 5.57. The molecule has 0 aliphatic carbocycles. The van der Waals surface area contributed by atoms with E-state index in [4.69, 9.17) is 9.47 Å². The molecule has 4 nitrogen and oxygen atoms in total. The van der Waals surface area contributed by atoms with Crippen LogP contribution in [0.1, 0.15) is 23.6 Å². The molecule has 1 heterocycles. The van der Waals surface area contributed by atoms with Gasteiger partial charge in [0.05, 0.1) is 19.4 Å². The summed E-state index contributed by atoms with van der Waals surface area (Å²) in [4.78, 5) is 12.5. The first-order valence-corrected chi connectivity index (χ1v) is 9.37. The molecule has 0 saturated carbocycles. The van der Waals surface area contributed by atoms with Crippen LogP contribution in [0.2, 0.25) is 0 Å². The number of fused-ring (bicyclic) bond motifs is 1. The monoisotopic (exact) mass is 465 g/mol. The van der Waals surface area contributed by atoms with Crippen molar-refractivity contribution < 1.29 is 14.3 Å². The number of carbonyl (C=O) groups is 1. The van der Waals surface area contributed by atoms with Crippen LogP contribution < -0.4 is 14.8 Å². The summed E-state index contributed by atoms with van der Waals surface area (Å²) < 4.78 is 12.7. The predicted molar refractivity (Wildman–Crippen MR) is 107 cm³/mol. The van der Waals surface area contributed by atoms with Crippen LogP contribution in [0, 0.1) is 6.92 Å². The number of nitrogens with one attached hydrogen (secondary N) is 1. The summed E-state index contributed by atoms with van der Waals surface area (Å²) in [5.41, 5.74) is 4.21. The second kappa shape index (κ2) is 7.22. The van der Waals surface area contributed by atoms with Crippen molar-refractivity contribution in [3.05, 3.63) is 49.9 Å². The molecular formula is C19H17Br2NO3. The smallest absolute Gasteiger partial charge is 0.256 e. The van der Waals surface area contributed by atoms with Gasteiger partial charge in [-0.05, 0) is 65.2 Å². The molecule has 0 saturated heterocycles. The Bertz CT molecular complexity index is 891. The molecule has 6 heteroatoms. The fourth-order valence-electron chi connectivity index (χ4n) is 2.82. The van der Waals surface area contributed by atoms with Crippen LogP contribution in [0.15, 0.2) is 33.2 Å². The van der Waals surface area contributed by atoms with Crippen LogP contribution in [0.4, 0.5) is 5.69 Å². The molecule has 1 aliphatic rings. The van der Waals surface area contributed by atoms with Gasteiger partial charge in [0.1, 0.15) is 0 Å². The Kier molecular flexibility index (Phi) is 5.20. The third kappa shape index (κ3) is 3.33. The fraction of sp³-hybridized carbons (Fsp3) is 0.211. The number of benzene rings is 2. The van der Waals surface area contributed by atoms with Gasteiger partial charge in [0, 0.05) is 20.1 Å². The first-order chi connectivity index (χ1) is 12.0. The van der Waals surface area contributed by atoms with Crippen molar-refractivity contribution >= 4 is 55.1 Å². The molecule has 25 heavy (non-hydrogen) atoms. The Hall–Kier alpha value is -1.79. The van der Waals surface area contributed by atoms with E-state index in [2.05, 4.69) is 37.2 Å². The zero-order chi connectivity index (χ0) is 18.1. The van der Waals surface area contributed by atoms with Gasteiger partial charge in [-0.3, -0.25) is 4.79 Å². The van der Waals surface area contributed by atoms with E-state index in [1.807, 2.05) is 44.2 Å². The van der Waals surface area contributed by atoms with Crippen molar-refractivity contribution in [3.63, 3.8) is 0 Å². The molecule has 0 fully saturated rings. The van der Waals surface area contributed by atoms with Crippen LogP contribution in [0.3, 0.4) is 0 Å². The van der Waals surface area contributed by atoms with Gasteiger partial charge in [-0.1, -0.05) is 22.0 Å². The minimum atomic E-state index is -0.121. The number of amides is 1. The highest BCUT2D eigenvalue weighted by atomic mass is 79.9. The number of halogens is 2. The van der Waals surface area contributed by atoms with Gasteiger partial charge in [0.2, 0.25) is 0 Å². The largest absolute Gasteiger partial charge is 0.493 e. The molecule has 1 amide bonds. The molecule has 2 aromatic carbocycles. The quantitative estimate of drug-likeness (QED) is 0.612. The summed E-state index contributed by atoms with van der Waals surface area (Å²) in [6.07, 6.45) is 1.87. The van der Waals surface area contributed by atoms with Crippen molar-refractivity contribution in [2.45, 2.75) is 13.8 Å². The molecular weight excluding hydrogens is 450 g/mol. The maximum absolute atomic E-state index is 12.5. The van der Waals surface area contributed by atoms with E-state index >= 15 is 0 Å². The first-order valence-electron chi connectivity index (χ1n) is 7.79. The Morgan fingerprint density at radius 1 is 1.16 bits per heavy atom. The van der Waals surface area contributed by atoms with Crippen molar-refractivity contribution in [3.8, 4) is 11.5 Å². The standard InChI is InChI=1S/C19H17Br2NO3/c1-4-25-15-6-5-11(8-16(15)24-3)7-12-17-10(2)13(20)9-14(21)18(17)22-19(12)23/h5-9H,4H2,1-3H3,(H,22,23). The molecule has 3 rings (SSSR count). The summed E-state index contributed by atoms with van der Waals surface area (Å²) in [6.45, 7) is 4.48. The van der Waals surface area contributed by atoms with Gasteiger partial charge in [-0.15, -0.1) is 0 Å². The van der Waals surface area contributed by atoms with E-state index in [1.165, 1.54) is 0 Å². The number of anilines is 1. The highest BCUT2D eigenvalue weighted by molar-refractivity contribution is 9.11. The highest BCUT2D eigenvalue weighted by Crippen LogP contribution is 2.43. The summed E-state index contributed by atoms with van der Waals surface area (Å²) in [5.74, 6) is 1.21. The number of hydrogen-bond acceptors (Lipinski definition) is 3. The maximum atomic E-state index is 12.5. The van der Waals surface area contributed by atoms with Crippen molar-refractivity contribution in [2.75, 3.05) is 19.0 Å². The van der Waals surface area contributed by atoms with E-state index in [1.54, 1.807) is 7.11 Å². The third-order valence-electron chi connectivity index (χ3n) is 4.03. The van der Waals surface area contributed by atoms with Crippen LogP contribution in [-0.2, 0) is 4.79 Å². The highest BCUT2D eigenvalue weighted by Gasteiger charge is 2.29.